The topological polar surface area (TPSA) is 58.6 Å². The van der Waals surface area contributed by atoms with Crippen molar-refractivity contribution in [2.75, 3.05) is 19.6 Å². The molecule has 0 aromatic rings. The van der Waals surface area contributed by atoms with Gasteiger partial charge in [0.1, 0.15) is 5.60 Å². The van der Waals surface area contributed by atoms with Gasteiger partial charge in [-0.05, 0) is 33.6 Å². The molecule has 5 nitrogen and oxygen atoms in total. The van der Waals surface area contributed by atoms with Crippen molar-refractivity contribution in [2.45, 2.75) is 63.3 Å². The zero-order chi connectivity index (χ0) is 15.9. The van der Waals surface area contributed by atoms with E-state index >= 15 is 0 Å². The number of rotatable bonds is 7. The van der Waals surface area contributed by atoms with Gasteiger partial charge in [0.25, 0.3) is 0 Å². The van der Waals surface area contributed by atoms with Gasteiger partial charge in [-0.25, -0.2) is 4.79 Å². The number of nitrogens with zero attached hydrogens (tertiary/aromatic N) is 1. The van der Waals surface area contributed by atoms with Crippen molar-refractivity contribution in [3.63, 3.8) is 0 Å². The molecule has 1 aliphatic heterocycles. The molecule has 6 heteroatoms. The van der Waals surface area contributed by atoms with Crippen LogP contribution in [0.15, 0.2) is 0 Å². The summed E-state index contributed by atoms with van der Waals surface area (Å²) in [4.78, 5) is 25.2. The van der Waals surface area contributed by atoms with Crippen LogP contribution in [0.1, 0.15) is 52.9 Å². The summed E-state index contributed by atoms with van der Waals surface area (Å²) in [5.74, 6) is 0.253. The SMILES string of the molecule is CC(C)(C)OC(=O)NCCCCCCN1CC(Br)CC1=O. The lowest BCUT2D eigenvalue weighted by molar-refractivity contribution is -0.127. The van der Waals surface area contributed by atoms with E-state index in [1.807, 2.05) is 25.7 Å². The lowest BCUT2D eigenvalue weighted by atomic mass is 10.2. The fourth-order valence-corrected chi connectivity index (χ4v) is 2.85. The fraction of sp³-hybridized carbons (Fsp3) is 0.867. The van der Waals surface area contributed by atoms with Gasteiger partial charge in [0.05, 0.1) is 0 Å². The summed E-state index contributed by atoms with van der Waals surface area (Å²) in [6, 6.07) is 0. The Morgan fingerprint density at radius 3 is 2.57 bits per heavy atom. The second-order valence-corrected chi connectivity index (χ2v) is 7.78. The summed E-state index contributed by atoms with van der Waals surface area (Å²) in [5.41, 5.74) is -0.445. The summed E-state index contributed by atoms with van der Waals surface area (Å²) < 4.78 is 5.16. The van der Waals surface area contributed by atoms with Crippen molar-refractivity contribution in [3.05, 3.63) is 0 Å². The maximum atomic E-state index is 11.6. The lowest BCUT2D eigenvalue weighted by Gasteiger charge is -2.19. The third kappa shape index (κ3) is 8.29. The fourth-order valence-electron chi connectivity index (χ4n) is 2.23. The predicted molar refractivity (Wildman–Crippen MR) is 86.6 cm³/mol. The molecule has 0 radical (unpaired) electrons. The van der Waals surface area contributed by atoms with Crippen molar-refractivity contribution < 1.29 is 14.3 Å². The molecule has 2 amide bonds. The number of alkyl carbamates (subject to hydrolysis) is 1. The second-order valence-electron chi connectivity index (χ2n) is 6.48. The Bertz CT molecular complexity index is 355. The minimum absolute atomic E-state index is 0.253. The number of hydrogen-bond donors (Lipinski definition) is 1. The van der Waals surface area contributed by atoms with Gasteiger partial charge in [-0.3, -0.25) is 4.79 Å². The molecule has 0 aliphatic carbocycles. The van der Waals surface area contributed by atoms with Gasteiger partial charge in [0.2, 0.25) is 5.91 Å². The van der Waals surface area contributed by atoms with E-state index in [4.69, 9.17) is 4.74 Å². The zero-order valence-electron chi connectivity index (χ0n) is 13.3. The highest BCUT2D eigenvalue weighted by Crippen LogP contribution is 2.18. The van der Waals surface area contributed by atoms with Gasteiger partial charge in [-0.2, -0.15) is 0 Å². The van der Waals surface area contributed by atoms with E-state index in [0.717, 1.165) is 38.8 Å². The van der Waals surface area contributed by atoms with Crippen molar-refractivity contribution >= 4 is 27.9 Å². The molecule has 1 aliphatic rings. The smallest absolute Gasteiger partial charge is 0.407 e. The Kier molecular flexibility index (Phi) is 7.49. The maximum absolute atomic E-state index is 11.6. The molecule has 1 unspecified atom stereocenters. The van der Waals surface area contributed by atoms with Crippen molar-refractivity contribution in [3.8, 4) is 0 Å². The average molecular weight is 363 g/mol. The number of nitrogens with one attached hydrogen (secondary N) is 1. The highest BCUT2D eigenvalue weighted by atomic mass is 79.9. The monoisotopic (exact) mass is 362 g/mol. The first-order valence-electron chi connectivity index (χ1n) is 7.66. The van der Waals surface area contributed by atoms with Crippen LogP contribution in [0.25, 0.3) is 0 Å². The highest BCUT2D eigenvalue weighted by molar-refractivity contribution is 9.09. The van der Waals surface area contributed by atoms with E-state index in [0.29, 0.717) is 17.8 Å². The molecule has 1 N–H and O–H groups in total. The number of unbranched alkanes of at least 4 members (excludes halogenated alkanes) is 3. The molecule has 1 atom stereocenters. The predicted octanol–water partition coefficient (Wildman–Crippen LogP) is 3.07. The summed E-state index contributed by atoms with van der Waals surface area (Å²) in [5, 5.41) is 2.75. The van der Waals surface area contributed by atoms with Crippen LogP contribution in [0, 0.1) is 0 Å². The molecular formula is C15H27BrN2O3. The molecule has 21 heavy (non-hydrogen) atoms. The standard InChI is InChI=1S/C15H27BrN2O3/c1-15(2,3)21-14(20)17-8-6-4-5-7-9-18-11-12(16)10-13(18)19/h12H,4-11H2,1-3H3,(H,17,20). The third-order valence-electron chi connectivity index (χ3n) is 3.19. The summed E-state index contributed by atoms with van der Waals surface area (Å²) in [6.07, 6.45) is 4.36. The number of likely N-dealkylation sites (tertiary alicyclic amines) is 1. The van der Waals surface area contributed by atoms with Gasteiger partial charge < -0.3 is 15.0 Å². The first kappa shape index (κ1) is 18.3. The molecule has 0 aromatic heterocycles. The van der Waals surface area contributed by atoms with Gasteiger partial charge >= 0.3 is 6.09 Å². The van der Waals surface area contributed by atoms with E-state index in [1.165, 1.54) is 0 Å². The Labute approximate surface area is 135 Å². The molecule has 122 valence electrons. The molecule has 1 heterocycles. The number of alkyl halides is 1. The summed E-state index contributed by atoms with van der Waals surface area (Å²) in [6.45, 7) is 7.87. The van der Waals surface area contributed by atoms with Crippen molar-refractivity contribution in [1.82, 2.24) is 10.2 Å². The third-order valence-corrected chi connectivity index (χ3v) is 3.80. The van der Waals surface area contributed by atoms with Gasteiger partial charge in [0, 0.05) is 30.9 Å². The van der Waals surface area contributed by atoms with E-state index in [9.17, 15) is 9.59 Å². The van der Waals surface area contributed by atoms with E-state index < -0.39 is 5.60 Å². The van der Waals surface area contributed by atoms with Crippen LogP contribution in [0.3, 0.4) is 0 Å². The van der Waals surface area contributed by atoms with Crippen LogP contribution in [-0.2, 0) is 9.53 Å². The summed E-state index contributed by atoms with van der Waals surface area (Å²) >= 11 is 3.48. The highest BCUT2D eigenvalue weighted by Gasteiger charge is 2.26. The van der Waals surface area contributed by atoms with Gasteiger partial charge in [-0.1, -0.05) is 28.8 Å². The molecule has 0 bridgehead atoms. The first-order chi connectivity index (χ1) is 9.78. The lowest BCUT2D eigenvalue weighted by Crippen LogP contribution is -2.33. The molecule has 0 saturated carbocycles. The number of carbonyl (C=O) groups is 2. The Morgan fingerprint density at radius 1 is 1.33 bits per heavy atom. The number of ether oxygens (including phenoxy) is 1. The zero-order valence-corrected chi connectivity index (χ0v) is 14.9. The minimum Gasteiger partial charge on any atom is -0.444 e. The molecule has 1 rings (SSSR count). The molecular weight excluding hydrogens is 336 g/mol. The van der Waals surface area contributed by atoms with E-state index in [2.05, 4.69) is 21.2 Å². The molecule has 1 saturated heterocycles. The second kappa shape index (κ2) is 8.61. The Morgan fingerprint density at radius 2 is 2.00 bits per heavy atom. The number of amides is 2. The first-order valence-corrected chi connectivity index (χ1v) is 8.58. The maximum Gasteiger partial charge on any atom is 0.407 e. The Balaban J connectivity index is 1.96. The summed E-state index contributed by atoms with van der Waals surface area (Å²) in [7, 11) is 0. The van der Waals surface area contributed by atoms with Gasteiger partial charge in [0.15, 0.2) is 0 Å². The normalized spacial score (nSPS) is 19.0. The van der Waals surface area contributed by atoms with E-state index in [-0.39, 0.29) is 12.0 Å². The number of carbonyl (C=O) groups excluding carboxylic acids is 2. The van der Waals surface area contributed by atoms with Gasteiger partial charge in [-0.15, -0.1) is 0 Å². The van der Waals surface area contributed by atoms with Crippen LogP contribution >= 0.6 is 15.9 Å². The average Bonchev–Trinajstić information content (AvgIpc) is 2.64. The number of hydrogen-bond acceptors (Lipinski definition) is 3. The molecule has 1 fully saturated rings. The van der Waals surface area contributed by atoms with Crippen molar-refractivity contribution in [2.24, 2.45) is 0 Å². The quantitative estimate of drug-likeness (QED) is 0.559. The number of halogens is 1. The van der Waals surface area contributed by atoms with Crippen molar-refractivity contribution in [1.29, 1.82) is 0 Å². The largest absolute Gasteiger partial charge is 0.444 e. The van der Waals surface area contributed by atoms with E-state index in [1.54, 1.807) is 0 Å². The molecule has 0 spiro atoms. The van der Waals surface area contributed by atoms with Crippen LogP contribution in [0.2, 0.25) is 0 Å². The van der Waals surface area contributed by atoms with Crippen LogP contribution in [0.5, 0.6) is 0 Å². The Hall–Kier alpha value is -0.780. The van der Waals surface area contributed by atoms with Crippen LogP contribution in [0.4, 0.5) is 4.79 Å². The van der Waals surface area contributed by atoms with Crippen LogP contribution < -0.4 is 5.32 Å². The molecule has 0 aromatic carbocycles. The van der Waals surface area contributed by atoms with Crippen LogP contribution in [-0.4, -0.2) is 47.0 Å². The minimum atomic E-state index is -0.445.